The Morgan fingerprint density at radius 3 is 2.48 bits per heavy atom. The van der Waals surface area contributed by atoms with Gasteiger partial charge in [0, 0.05) is 19.4 Å². The standard InChI is InChI=1S/C20H21F3N6O3S/c1-19(30)8-13(9-19)14-10-25-29(12-14)17-16(20(21,22)23)11-24-18(26-17)27-28(2)33(31,32)15-6-4-3-5-7-15/h3-7,10-13,30H,8-9H2,1-2H3,(H,24,26,27). The van der Waals surface area contributed by atoms with Crippen molar-refractivity contribution in [3.63, 3.8) is 0 Å². The molecule has 176 valence electrons. The fourth-order valence-electron chi connectivity index (χ4n) is 3.65. The number of alkyl halides is 3. The molecule has 4 rings (SSSR count). The van der Waals surface area contributed by atoms with E-state index in [0.717, 1.165) is 9.10 Å². The van der Waals surface area contributed by atoms with Crippen LogP contribution < -0.4 is 5.43 Å². The quantitative estimate of drug-likeness (QED) is 0.520. The monoisotopic (exact) mass is 482 g/mol. The predicted molar refractivity (Wildman–Crippen MR) is 112 cm³/mol. The highest BCUT2D eigenvalue weighted by atomic mass is 32.2. The summed E-state index contributed by atoms with van der Waals surface area (Å²) in [6, 6.07) is 7.51. The first-order valence-corrected chi connectivity index (χ1v) is 11.3. The predicted octanol–water partition coefficient (Wildman–Crippen LogP) is 2.96. The molecule has 0 amide bonds. The Bertz CT molecular complexity index is 1250. The van der Waals surface area contributed by atoms with Crippen LogP contribution in [0.25, 0.3) is 5.82 Å². The number of rotatable bonds is 6. The smallest absolute Gasteiger partial charge is 0.390 e. The van der Waals surface area contributed by atoms with E-state index < -0.39 is 33.2 Å². The number of nitrogens with one attached hydrogen (secondary N) is 1. The van der Waals surface area contributed by atoms with E-state index in [1.165, 1.54) is 31.6 Å². The number of hydrogen-bond donors (Lipinski definition) is 2. The third-order valence-electron chi connectivity index (χ3n) is 5.40. The van der Waals surface area contributed by atoms with Crippen molar-refractivity contribution < 1.29 is 26.7 Å². The Hall–Kier alpha value is -3.03. The van der Waals surface area contributed by atoms with Crippen molar-refractivity contribution in [1.82, 2.24) is 24.2 Å². The van der Waals surface area contributed by atoms with Gasteiger partial charge in [-0.2, -0.15) is 23.3 Å². The molecule has 0 spiro atoms. The summed E-state index contributed by atoms with van der Waals surface area (Å²) in [5.74, 6) is -0.934. The summed E-state index contributed by atoms with van der Waals surface area (Å²) in [5, 5.41) is 13.9. The molecule has 33 heavy (non-hydrogen) atoms. The van der Waals surface area contributed by atoms with Gasteiger partial charge in [-0.15, -0.1) is 4.41 Å². The summed E-state index contributed by atoms with van der Waals surface area (Å²) in [4.78, 5) is 7.54. The molecule has 0 bridgehead atoms. The minimum absolute atomic E-state index is 0.0137. The van der Waals surface area contributed by atoms with Crippen LogP contribution >= 0.6 is 0 Å². The average Bonchev–Trinajstić information content (AvgIpc) is 3.21. The van der Waals surface area contributed by atoms with Gasteiger partial charge in [0.1, 0.15) is 5.56 Å². The largest absolute Gasteiger partial charge is 0.421 e. The second-order valence-corrected chi connectivity index (χ2v) is 10.1. The molecule has 2 aromatic heterocycles. The lowest BCUT2D eigenvalue weighted by atomic mass is 9.70. The Labute approximate surface area is 187 Å². The SMILES string of the molecule is CN(Nc1ncc(C(F)(F)F)c(-n2cc(C3CC(C)(O)C3)cn2)n1)S(=O)(=O)c1ccccc1. The first-order valence-electron chi connectivity index (χ1n) is 9.89. The summed E-state index contributed by atoms with van der Waals surface area (Å²) in [6.45, 7) is 1.69. The van der Waals surface area contributed by atoms with Gasteiger partial charge < -0.3 is 5.11 Å². The van der Waals surface area contributed by atoms with Crippen LogP contribution in [0.3, 0.4) is 0 Å². The highest BCUT2D eigenvalue weighted by Gasteiger charge is 2.40. The van der Waals surface area contributed by atoms with Crippen LogP contribution in [0.4, 0.5) is 19.1 Å². The zero-order valence-electron chi connectivity index (χ0n) is 17.7. The molecule has 0 saturated heterocycles. The number of hydrogen-bond acceptors (Lipinski definition) is 7. The minimum atomic E-state index is -4.76. The molecule has 1 saturated carbocycles. The van der Waals surface area contributed by atoms with Crippen molar-refractivity contribution in [2.75, 3.05) is 12.5 Å². The molecule has 2 heterocycles. The van der Waals surface area contributed by atoms with Crippen molar-refractivity contribution in [3.8, 4) is 5.82 Å². The van der Waals surface area contributed by atoms with E-state index in [1.54, 1.807) is 25.1 Å². The van der Waals surface area contributed by atoms with Crippen LogP contribution in [0.1, 0.15) is 36.8 Å². The van der Waals surface area contributed by atoms with Crippen molar-refractivity contribution in [1.29, 1.82) is 0 Å². The minimum Gasteiger partial charge on any atom is -0.390 e. The summed E-state index contributed by atoms with van der Waals surface area (Å²) in [5.41, 5.74) is 1.16. The molecule has 9 nitrogen and oxygen atoms in total. The molecule has 1 fully saturated rings. The van der Waals surface area contributed by atoms with E-state index in [9.17, 15) is 26.7 Å². The molecule has 0 unspecified atom stereocenters. The van der Waals surface area contributed by atoms with Gasteiger partial charge in [0.05, 0.1) is 16.7 Å². The lowest BCUT2D eigenvalue weighted by Gasteiger charge is -2.40. The number of benzene rings is 1. The Kier molecular flexibility index (Phi) is 5.66. The van der Waals surface area contributed by atoms with Crippen molar-refractivity contribution in [2.45, 2.75) is 42.4 Å². The molecule has 1 aliphatic rings. The van der Waals surface area contributed by atoms with E-state index in [0.29, 0.717) is 24.6 Å². The fraction of sp³-hybridized carbons (Fsp3) is 0.350. The number of sulfonamides is 1. The molecular weight excluding hydrogens is 461 g/mol. The molecule has 2 N–H and O–H groups in total. The van der Waals surface area contributed by atoms with E-state index >= 15 is 0 Å². The molecule has 0 radical (unpaired) electrons. The molecule has 3 aromatic rings. The van der Waals surface area contributed by atoms with E-state index in [-0.39, 0.29) is 16.8 Å². The molecule has 1 aromatic carbocycles. The maximum absolute atomic E-state index is 13.6. The van der Waals surface area contributed by atoms with Crippen LogP contribution in [0.5, 0.6) is 0 Å². The molecule has 1 aliphatic carbocycles. The van der Waals surface area contributed by atoms with Gasteiger partial charge >= 0.3 is 6.18 Å². The van der Waals surface area contributed by atoms with Gasteiger partial charge in [-0.3, -0.25) is 5.43 Å². The molecule has 0 atom stereocenters. The Morgan fingerprint density at radius 1 is 1.21 bits per heavy atom. The highest BCUT2D eigenvalue weighted by molar-refractivity contribution is 7.89. The van der Waals surface area contributed by atoms with Gasteiger partial charge in [0.15, 0.2) is 5.82 Å². The second kappa shape index (κ2) is 8.08. The maximum atomic E-state index is 13.6. The summed E-state index contributed by atoms with van der Waals surface area (Å²) < 4.78 is 67.9. The second-order valence-electron chi connectivity index (χ2n) is 8.15. The van der Waals surface area contributed by atoms with E-state index in [1.807, 2.05) is 0 Å². The fourth-order valence-corrected chi connectivity index (χ4v) is 4.67. The normalized spacial score (nSPS) is 21.1. The zero-order valence-corrected chi connectivity index (χ0v) is 18.5. The average molecular weight is 482 g/mol. The molecule has 0 aliphatic heterocycles. The number of aromatic nitrogens is 4. The Balaban J connectivity index is 1.64. The van der Waals surface area contributed by atoms with Gasteiger partial charge in [0.2, 0.25) is 5.95 Å². The van der Waals surface area contributed by atoms with Crippen molar-refractivity contribution in [3.05, 3.63) is 60.0 Å². The molecular formula is C20H21F3N6O3S. The topological polar surface area (TPSA) is 113 Å². The lowest BCUT2D eigenvalue weighted by Crippen LogP contribution is -2.39. The van der Waals surface area contributed by atoms with Gasteiger partial charge in [0.25, 0.3) is 10.0 Å². The number of nitrogens with zero attached hydrogens (tertiary/aromatic N) is 5. The summed E-state index contributed by atoms with van der Waals surface area (Å²) in [7, 11) is -2.80. The van der Waals surface area contributed by atoms with Crippen LogP contribution in [-0.2, 0) is 16.2 Å². The van der Waals surface area contributed by atoms with Gasteiger partial charge in [-0.1, -0.05) is 18.2 Å². The Morgan fingerprint density at radius 2 is 1.88 bits per heavy atom. The number of halogens is 3. The zero-order chi connectivity index (χ0) is 24.0. The van der Waals surface area contributed by atoms with Gasteiger partial charge in [-0.25, -0.2) is 18.1 Å². The number of anilines is 1. The third-order valence-corrected chi connectivity index (χ3v) is 7.08. The van der Waals surface area contributed by atoms with Crippen LogP contribution in [0.2, 0.25) is 0 Å². The van der Waals surface area contributed by atoms with Crippen LogP contribution in [0.15, 0.2) is 53.8 Å². The first kappa shape index (κ1) is 23.1. The van der Waals surface area contributed by atoms with E-state index in [2.05, 4.69) is 20.5 Å². The highest BCUT2D eigenvalue weighted by Crippen LogP contribution is 2.44. The lowest BCUT2D eigenvalue weighted by molar-refractivity contribution is -0.138. The van der Waals surface area contributed by atoms with Crippen LogP contribution in [0, 0.1) is 0 Å². The molecule has 13 heteroatoms. The first-order chi connectivity index (χ1) is 15.4. The van der Waals surface area contributed by atoms with Crippen molar-refractivity contribution in [2.24, 2.45) is 0 Å². The number of hydrazine groups is 1. The van der Waals surface area contributed by atoms with E-state index in [4.69, 9.17) is 0 Å². The van der Waals surface area contributed by atoms with Crippen molar-refractivity contribution >= 4 is 16.0 Å². The van der Waals surface area contributed by atoms with Crippen LogP contribution in [-0.4, -0.2) is 50.3 Å². The maximum Gasteiger partial charge on any atom is 0.421 e. The summed E-state index contributed by atoms with van der Waals surface area (Å²) >= 11 is 0. The third kappa shape index (κ3) is 4.70. The van der Waals surface area contributed by atoms with Gasteiger partial charge in [-0.05, 0) is 43.4 Å². The number of aliphatic hydroxyl groups is 1. The summed E-state index contributed by atoms with van der Waals surface area (Å²) in [6.07, 6.45) is -0.384.